The summed E-state index contributed by atoms with van der Waals surface area (Å²) in [7, 11) is 0. The second-order valence-electron chi connectivity index (χ2n) is 8.56. The van der Waals surface area contributed by atoms with E-state index in [1.165, 1.54) is 0 Å². The number of amidine groups is 1. The number of Topliss-reactive ketones (excluding diaryl/α,β-unsaturated/α-hetero) is 1. The highest BCUT2D eigenvalue weighted by Gasteiger charge is 2.45. The van der Waals surface area contributed by atoms with Crippen molar-refractivity contribution in [1.29, 1.82) is 5.26 Å². The second kappa shape index (κ2) is 7.75. The smallest absolute Gasteiger partial charge is 0.162 e. The lowest BCUT2D eigenvalue weighted by atomic mass is 9.72. The molecule has 0 saturated heterocycles. The van der Waals surface area contributed by atoms with Crippen LogP contribution in [0.4, 0.5) is 5.69 Å². The summed E-state index contributed by atoms with van der Waals surface area (Å²) in [5, 5.41) is 10.8. The predicted octanol–water partition coefficient (Wildman–Crippen LogP) is 5.39. The number of carbonyl (C=O) groups is 1. The molecule has 1 aromatic heterocycles. The highest BCUT2D eigenvalue weighted by atomic mass is 35.5. The van der Waals surface area contributed by atoms with Gasteiger partial charge in [-0.25, -0.2) is 4.99 Å². The van der Waals surface area contributed by atoms with Gasteiger partial charge in [0.1, 0.15) is 11.6 Å². The van der Waals surface area contributed by atoms with Crippen molar-refractivity contribution in [2.75, 3.05) is 4.90 Å². The number of hydrogen-bond donors (Lipinski definition) is 1. The maximum Gasteiger partial charge on any atom is 0.162 e. The Morgan fingerprint density at radius 1 is 1.09 bits per heavy atom. The van der Waals surface area contributed by atoms with Crippen LogP contribution in [0.3, 0.4) is 0 Å². The van der Waals surface area contributed by atoms with Gasteiger partial charge in [0.2, 0.25) is 0 Å². The van der Waals surface area contributed by atoms with E-state index >= 15 is 0 Å². The summed E-state index contributed by atoms with van der Waals surface area (Å²) in [5.41, 5.74) is 10.4. The van der Waals surface area contributed by atoms with Gasteiger partial charge >= 0.3 is 0 Å². The fraction of sp³-hybridized carbons (Fsp3) is 0.148. The third kappa shape index (κ3) is 2.94. The SMILES string of the molecule is N#CC1=C2N=C(N)c3ccccc3N2C2=C(C(=O)CC(c3ccco3)C2)C1c1ccccc1Cl. The summed E-state index contributed by atoms with van der Waals surface area (Å²) in [6.45, 7) is 0. The molecule has 0 bridgehead atoms. The van der Waals surface area contributed by atoms with Gasteiger partial charge in [-0.15, -0.1) is 0 Å². The van der Waals surface area contributed by atoms with Crippen LogP contribution in [-0.4, -0.2) is 11.6 Å². The first-order valence-corrected chi connectivity index (χ1v) is 11.4. The minimum absolute atomic E-state index is 0.0284. The van der Waals surface area contributed by atoms with Gasteiger partial charge in [-0.05, 0) is 42.3 Å². The predicted molar refractivity (Wildman–Crippen MR) is 129 cm³/mol. The van der Waals surface area contributed by atoms with Crippen LogP contribution in [0.15, 0.2) is 99.0 Å². The van der Waals surface area contributed by atoms with Gasteiger partial charge in [-0.3, -0.25) is 9.69 Å². The molecular weight excluding hydrogens is 448 g/mol. The summed E-state index contributed by atoms with van der Waals surface area (Å²) in [6.07, 6.45) is 2.47. The fourth-order valence-corrected chi connectivity index (χ4v) is 5.50. The molecule has 2 unspecified atom stereocenters. The van der Waals surface area contributed by atoms with Crippen LogP contribution in [0.2, 0.25) is 5.02 Å². The zero-order valence-electron chi connectivity index (χ0n) is 18.0. The molecule has 3 aliphatic rings. The minimum atomic E-state index is -0.619. The van der Waals surface area contributed by atoms with Crippen molar-refractivity contribution in [2.45, 2.75) is 24.7 Å². The number of nitrogens with zero attached hydrogens (tertiary/aromatic N) is 3. The van der Waals surface area contributed by atoms with Crippen molar-refractivity contribution in [1.82, 2.24) is 0 Å². The van der Waals surface area contributed by atoms with E-state index in [0.29, 0.717) is 46.2 Å². The summed E-state index contributed by atoms with van der Waals surface area (Å²) < 4.78 is 5.67. The lowest BCUT2D eigenvalue weighted by Crippen LogP contribution is -2.40. The van der Waals surface area contributed by atoms with Crippen LogP contribution in [0.1, 0.15) is 41.6 Å². The summed E-state index contributed by atoms with van der Waals surface area (Å²) in [4.78, 5) is 20.4. The van der Waals surface area contributed by atoms with E-state index < -0.39 is 5.92 Å². The number of anilines is 1. The number of hydrogen-bond acceptors (Lipinski definition) is 6. The summed E-state index contributed by atoms with van der Waals surface area (Å²) in [6, 6.07) is 21.0. The Bertz CT molecular complexity index is 1480. The van der Waals surface area contributed by atoms with Crippen LogP contribution in [0.25, 0.3) is 0 Å². The van der Waals surface area contributed by atoms with Crippen LogP contribution in [-0.2, 0) is 4.79 Å². The van der Waals surface area contributed by atoms with Gasteiger partial charge in [0.25, 0.3) is 0 Å². The van der Waals surface area contributed by atoms with Crippen molar-refractivity contribution in [3.05, 3.63) is 112 Å². The maximum absolute atomic E-state index is 13.8. The molecule has 2 aliphatic heterocycles. The molecule has 0 fully saturated rings. The van der Waals surface area contributed by atoms with Gasteiger partial charge in [0.05, 0.1) is 29.5 Å². The Morgan fingerprint density at radius 2 is 1.88 bits per heavy atom. The van der Waals surface area contributed by atoms with Crippen LogP contribution >= 0.6 is 11.6 Å². The van der Waals surface area contributed by atoms with Crippen molar-refractivity contribution < 1.29 is 9.21 Å². The minimum Gasteiger partial charge on any atom is -0.469 e. The number of furan rings is 1. The Balaban J connectivity index is 1.65. The van der Waals surface area contributed by atoms with Crippen molar-refractivity contribution >= 4 is 28.9 Å². The number of halogens is 1. The van der Waals surface area contributed by atoms with Crippen LogP contribution in [0, 0.1) is 11.3 Å². The molecule has 166 valence electrons. The molecule has 3 heterocycles. The standard InChI is InChI=1S/C27H19ClN4O2/c28-19-8-3-1-6-16(19)24-18(14-29)27-31-26(30)17-7-2-4-9-20(17)32(27)21-12-15(13-22(33)25(21)24)23-10-5-11-34-23/h1-11,15,24H,12-13H2,(H2,30,31). The van der Waals surface area contributed by atoms with Gasteiger partial charge in [-0.1, -0.05) is 41.9 Å². The van der Waals surface area contributed by atoms with E-state index in [9.17, 15) is 10.1 Å². The van der Waals surface area contributed by atoms with E-state index in [1.54, 1.807) is 12.3 Å². The van der Waals surface area contributed by atoms with Crippen molar-refractivity contribution in [2.24, 2.45) is 10.7 Å². The molecule has 6 nitrogen and oxygen atoms in total. The molecule has 0 spiro atoms. The molecule has 7 heteroatoms. The normalized spacial score (nSPS) is 21.5. The van der Waals surface area contributed by atoms with Gasteiger partial charge < -0.3 is 10.2 Å². The average molecular weight is 467 g/mol. The van der Waals surface area contributed by atoms with E-state index in [0.717, 1.165) is 22.7 Å². The number of rotatable bonds is 2. The largest absolute Gasteiger partial charge is 0.469 e. The van der Waals surface area contributed by atoms with Gasteiger partial charge in [0.15, 0.2) is 11.6 Å². The van der Waals surface area contributed by atoms with Gasteiger partial charge in [-0.2, -0.15) is 5.26 Å². The number of fused-ring (bicyclic) bond motifs is 4. The zero-order valence-corrected chi connectivity index (χ0v) is 18.8. The van der Waals surface area contributed by atoms with Crippen molar-refractivity contribution in [3.8, 4) is 6.07 Å². The number of carbonyl (C=O) groups excluding carboxylic acids is 1. The number of aliphatic imine (C=N–C) groups is 1. The molecule has 0 radical (unpaired) electrons. The summed E-state index contributed by atoms with van der Waals surface area (Å²) in [5.74, 6) is 0.773. The number of benzene rings is 2. The Kier molecular flexibility index (Phi) is 4.68. The van der Waals surface area contributed by atoms with E-state index in [-0.39, 0.29) is 11.7 Å². The van der Waals surface area contributed by atoms with Crippen LogP contribution in [0.5, 0.6) is 0 Å². The summed E-state index contributed by atoms with van der Waals surface area (Å²) >= 11 is 6.60. The second-order valence-corrected chi connectivity index (χ2v) is 8.96. The van der Waals surface area contributed by atoms with Crippen LogP contribution < -0.4 is 10.6 Å². The first-order valence-electron chi connectivity index (χ1n) is 11.0. The number of nitrogens with two attached hydrogens (primary N) is 1. The fourth-order valence-electron chi connectivity index (χ4n) is 5.26. The van der Waals surface area contributed by atoms with E-state index in [4.69, 9.17) is 21.8 Å². The number of para-hydroxylation sites is 1. The molecule has 0 amide bonds. The Hall–Kier alpha value is -4.08. The highest BCUT2D eigenvalue weighted by Crippen LogP contribution is 2.52. The molecule has 2 atom stereocenters. The van der Waals surface area contributed by atoms with Gasteiger partial charge in [0, 0.05) is 34.2 Å². The molecule has 0 saturated carbocycles. The van der Waals surface area contributed by atoms with E-state index in [2.05, 4.69) is 11.1 Å². The molecule has 2 N–H and O–H groups in total. The quantitative estimate of drug-likeness (QED) is 0.546. The molecule has 3 aromatic rings. The molecule has 2 aromatic carbocycles. The lowest BCUT2D eigenvalue weighted by molar-refractivity contribution is -0.116. The Labute approximate surface area is 201 Å². The highest BCUT2D eigenvalue weighted by molar-refractivity contribution is 6.31. The molecule has 6 rings (SSSR count). The zero-order chi connectivity index (χ0) is 23.4. The Morgan fingerprint density at radius 3 is 2.65 bits per heavy atom. The first-order chi connectivity index (χ1) is 16.6. The third-order valence-corrected chi connectivity index (χ3v) is 7.06. The van der Waals surface area contributed by atoms with E-state index in [1.807, 2.05) is 59.5 Å². The number of nitriles is 1. The molecule has 34 heavy (non-hydrogen) atoms. The lowest BCUT2D eigenvalue weighted by Gasteiger charge is -2.43. The monoisotopic (exact) mass is 466 g/mol. The molecular formula is C27H19ClN4O2. The third-order valence-electron chi connectivity index (χ3n) is 6.71. The first kappa shape index (κ1) is 20.5. The number of allylic oxidation sites excluding steroid dienone is 3. The average Bonchev–Trinajstić information content (AvgIpc) is 3.39. The molecule has 1 aliphatic carbocycles. The number of ketones is 1. The maximum atomic E-state index is 13.8. The van der Waals surface area contributed by atoms with Crippen molar-refractivity contribution in [3.63, 3.8) is 0 Å². The topological polar surface area (TPSA) is 95.6 Å².